The maximum atomic E-state index is 5.38. The minimum Gasteiger partial charge on any atom is -0.497 e. The molecule has 2 rings (SSSR count). The molecule has 28 heavy (non-hydrogen) atoms. The van der Waals surface area contributed by atoms with Crippen molar-refractivity contribution < 1.29 is 18.9 Å². The SMILES string of the molecule is CN=C(NCc1cc(C)cc(OC)c1)Nc1cc(OC)c(OC)c(OC)c1.I. The van der Waals surface area contributed by atoms with E-state index in [9.17, 15) is 0 Å². The summed E-state index contributed by atoms with van der Waals surface area (Å²) in [6.45, 7) is 2.64. The molecule has 8 heteroatoms. The highest BCUT2D eigenvalue weighted by atomic mass is 127. The fraction of sp³-hybridized carbons (Fsp3) is 0.350. The molecule has 0 aliphatic rings. The summed E-state index contributed by atoms with van der Waals surface area (Å²) in [6, 6.07) is 9.73. The Morgan fingerprint density at radius 3 is 2.04 bits per heavy atom. The third kappa shape index (κ3) is 6.08. The van der Waals surface area contributed by atoms with Crippen LogP contribution in [-0.2, 0) is 6.54 Å². The number of guanidine groups is 1. The molecule has 0 saturated carbocycles. The minimum atomic E-state index is 0. The first-order valence-electron chi connectivity index (χ1n) is 8.46. The topological polar surface area (TPSA) is 73.3 Å². The molecular formula is C20H28IN3O4. The summed E-state index contributed by atoms with van der Waals surface area (Å²) in [5.41, 5.74) is 3.00. The standard InChI is InChI=1S/C20H27N3O4.HI/c1-13-7-14(9-16(8-13)24-3)12-22-20(21-2)23-15-10-17(25-4)19(27-6)18(11-15)26-5;/h7-11H,12H2,1-6H3,(H2,21,22,23);1H. The van der Waals surface area contributed by atoms with E-state index >= 15 is 0 Å². The van der Waals surface area contributed by atoms with Crippen molar-refractivity contribution in [3.63, 3.8) is 0 Å². The molecular weight excluding hydrogens is 473 g/mol. The fourth-order valence-corrected chi connectivity index (χ4v) is 2.70. The van der Waals surface area contributed by atoms with Crippen molar-refractivity contribution in [1.29, 1.82) is 0 Å². The van der Waals surface area contributed by atoms with E-state index in [1.165, 1.54) is 0 Å². The van der Waals surface area contributed by atoms with Crippen LogP contribution in [0.2, 0.25) is 0 Å². The molecule has 0 fully saturated rings. The number of ether oxygens (including phenoxy) is 4. The van der Waals surface area contributed by atoms with Gasteiger partial charge in [-0.15, -0.1) is 24.0 Å². The van der Waals surface area contributed by atoms with Crippen LogP contribution in [0.3, 0.4) is 0 Å². The van der Waals surface area contributed by atoms with Gasteiger partial charge in [-0.2, -0.15) is 0 Å². The fourth-order valence-electron chi connectivity index (χ4n) is 2.70. The Morgan fingerprint density at radius 2 is 1.54 bits per heavy atom. The van der Waals surface area contributed by atoms with Gasteiger partial charge in [0.2, 0.25) is 5.75 Å². The van der Waals surface area contributed by atoms with E-state index in [-0.39, 0.29) is 24.0 Å². The van der Waals surface area contributed by atoms with Gasteiger partial charge < -0.3 is 29.6 Å². The van der Waals surface area contributed by atoms with E-state index in [2.05, 4.69) is 21.7 Å². The minimum absolute atomic E-state index is 0. The normalized spacial score (nSPS) is 10.6. The van der Waals surface area contributed by atoms with Gasteiger partial charge in [0.1, 0.15) is 5.75 Å². The summed E-state index contributed by atoms with van der Waals surface area (Å²) in [7, 11) is 8.11. The van der Waals surface area contributed by atoms with Gasteiger partial charge in [-0.05, 0) is 30.2 Å². The maximum Gasteiger partial charge on any atom is 0.203 e. The van der Waals surface area contributed by atoms with Gasteiger partial charge in [-0.25, -0.2) is 0 Å². The molecule has 0 saturated heterocycles. The largest absolute Gasteiger partial charge is 0.497 e. The molecule has 0 spiro atoms. The Labute approximate surface area is 183 Å². The van der Waals surface area contributed by atoms with E-state index in [1.807, 2.05) is 31.2 Å². The molecule has 0 radical (unpaired) electrons. The molecule has 2 aromatic carbocycles. The second-order valence-electron chi connectivity index (χ2n) is 5.82. The molecule has 0 atom stereocenters. The second-order valence-corrected chi connectivity index (χ2v) is 5.82. The van der Waals surface area contributed by atoms with Gasteiger partial charge in [-0.3, -0.25) is 4.99 Å². The molecule has 0 heterocycles. The predicted octanol–water partition coefficient (Wildman–Crippen LogP) is 3.83. The predicted molar refractivity (Wildman–Crippen MR) is 123 cm³/mol. The van der Waals surface area contributed by atoms with E-state index in [4.69, 9.17) is 18.9 Å². The molecule has 0 bridgehead atoms. The number of halogens is 1. The molecule has 0 unspecified atom stereocenters. The van der Waals surface area contributed by atoms with E-state index in [0.29, 0.717) is 29.8 Å². The van der Waals surface area contributed by atoms with Crippen LogP contribution in [0.4, 0.5) is 5.69 Å². The monoisotopic (exact) mass is 501 g/mol. The van der Waals surface area contributed by atoms with Crippen LogP contribution in [0, 0.1) is 6.92 Å². The zero-order chi connectivity index (χ0) is 19.8. The zero-order valence-corrected chi connectivity index (χ0v) is 19.4. The number of nitrogens with zero attached hydrogens (tertiary/aromatic N) is 1. The summed E-state index contributed by atoms with van der Waals surface area (Å²) in [4.78, 5) is 4.27. The van der Waals surface area contributed by atoms with Gasteiger partial charge >= 0.3 is 0 Å². The van der Waals surface area contributed by atoms with Gasteiger partial charge in [0.15, 0.2) is 17.5 Å². The smallest absolute Gasteiger partial charge is 0.203 e. The number of hydrogen-bond acceptors (Lipinski definition) is 5. The summed E-state index contributed by atoms with van der Waals surface area (Å²) in [5.74, 6) is 3.13. The van der Waals surface area contributed by atoms with E-state index in [0.717, 1.165) is 22.6 Å². The lowest BCUT2D eigenvalue weighted by Crippen LogP contribution is -2.30. The van der Waals surface area contributed by atoms with Gasteiger partial charge in [0.05, 0.1) is 28.4 Å². The third-order valence-electron chi connectivity index (χ3n) is 3.96. The highest BCUT2D eigenvalue weighted by molar-refractivity contribution is 14.0. The lowest BCUT2D eigenvalue weighted by atomic mass is 10.1. The molecule has 2 aromatic rings. The number of benzene rings is 2. The number of aliphatic imine (C=N–C) groups is 1. The molecule has 0 aliphatic heterocycles. The molecule has 0 aliphatic carbocycles. The van der Waals surface area contributed by atoms with Crippen LogP contribution in [0.25, 0.3) is 0 Å². The molecule has 7 nitrogen and oxygen atoms in total. The van der Waals surface area contributed by atoms with Crippen LogP contribution in [-0.4, -0.2) is 41.4 Å². The Hall–Kier alpha value is -2.36. The Bertz CT molecular complexity index is 787. The first-order chi connectivity index (χ1) is 13.0. The van der Waals surface area contributed by atoms with Crippen molar-refractivity contribution in [2.24, 2.45) is 4.99 Å². The number of aryl methyl sites for hydroxylation is 1. The van der Waals surface area contributed by atoms with Crippen LogP contribution in [0.5, 0.6) is 23.0 Å². The first-order valence-corrected chi connectivity index (χ1v) is 8.46. The van der Waals surface area contributed by atoms with Crippen molar-refractivity contribution in [1.82, 2.24) is 5.32 Å². The average molecular weight is 501 g/mol. The first kappa shape index (κ1) is 23.7. The number of methoxy groups -OCH3 is 4. The number of anilines is 1. The summed E-state index contributed by atoms with van der Waals surface area (Å²) < 4.78 is 21.4. The quantitative estimate of drug-likeness (QED) is 0.342. The van der Waals surface area contributed by atoms with Gasteiger partial charge in [0.25, 0.3) is 0 Å². The van der Waals surface area contributed by atoms with Crippen LogP contribution in [0.1, 0.15) is 11.1 Å². The maximum absolute atomic E-state index is 5.38. The highest BCUT2D eigenvalue weighted by Crippen LogP contribution is 2.39. The van der Waals surface area contributed by atoms with E-state index in [1.54, 1.807) is 35.5 Å². The van der Waals surface area contributed by atoms with Gasteiger partial charge in [-0.1, -0.05) is 6.07 Å². The van der Waals surface area contributed by atoms with Crippen molar-refractivity contribution in [2.45, 2.75) is 13.5 Å². The zero-order valence-electron chi connectivity index (χ0n) is 17.1. The average Bonchev–Trinajstić information content (AvgIpc) is 2.69. The Kier molecular flexibility index (Phi) is 9.70. The summed E-state index contributed by atoms with van der Waals surface area (Å²) in [5, 5.41) is 6.52. The number of rotatable bonds is 7. The van der Waals surface area contributed by atoms with Crippen LogP contribution < -0.4 is 29.6 Å². The molecule has 154 valence electrons. The summed E-state index contributed by atoms with van der Waals surface area (Å²) >= 11 is 0. The lowest BCUT2D eigenvalue weighted by molar-refractivity contribution is 0.324. The second kappa shape index (κ2) is 11.5. The Balaban J connectivity index is 0.00000392. The van der Waals surface area contributed by atoms with Crippen molar-refractivity contribution >= 4 is 35.6 Å². The van der Waals surface area contributed by atoms with Crippen molar-refractivity contribution in [2.75, 3.05) is 40.8 Å². The van der Waals surface area contributed by atoms with Crippen LogP contribution >= 0.6 is 24.0 Å². The molecule has 0 amide bonds. The van der Waals surface area contributed by atoms with E-state index < -0.39 is 0 Å². The van der Waals surface area contributed by atoms with Gasteiger partial charge in [0, 0.05) is 31.4 Å². The lowest BCUT2D eigenvalue weighted by Gasteiger charge is -2.17. The molecule has 2 N–H and O–H groups in total. The highest BCUT2D eigenvalue weighted by Gasteiger charge is 2.14. The summed E-state index contributed by atoms with van der Waals surface area (Å²) in [6.07, 6.45) is 0. The van der Waals surface area contributed by atoms with Crippen LogP contribution in [0.15, 0.2) is 35.3 Å². The third-order valence-corrected chi connectivity index (χ3v) is 3.96. The Morgan fingerprint density at radius 1 is 0.893 bits per heavy atom. The van der Waals surface area contributed by atoms with Crippen molar-refractivity contribution in [3.8, 4) is 23.0 Å². The number of nitrogens with one attached hydrogen (secondary N) is 2. The number of hydrogen-bond donors (Lipinski definition) is 2. The van der Waals surface area contributed by atoms with Crippen molar-refractivity contribution in [3.05, 3.63) is 41.5 Å². The molecule has 0 aromatic heterocycles.